The van der Waals surface area contributed by atoms with E-state index in [-0.39, 0.29) is 0 Å². The van der Waals surface area contributed by atoms with Crippen molar-refractivity contribution in [2.75, 3.05) is 39.9 Å². The third-order valence-electron chi connectivity index (χ3n) is 3.90. The summed E-state index contributed by atoms with van der Waals surface area (Å²) >= 11 is 0. The van der Waals surface area contributed by atoms with Crippen molar-refractivity contribution in [1.82, 2.24) is 10.2 Å². The van der Waals surface area contributed by atoms with E-state index >= 15 is 0 Å². The Kier molecular flexibility index (Phi) is 3.33. The van der Waals surface area contributed by atoms with Crippen molar-refractivity contribution in [2.45, 2.75) is 26.3 Å². The van der Waals surface area contributed by atoms with E-state index < -0.39 is 0 Å². The average Bonchev–Trinajstić information content (AvgIpc) is 2.50. The van der Waals surface area contributed by atoms with Crippen LogP contribution in [0.25, 0.3) is 0 Å². The molecule has 15 heavy (non-hydrogen) atoms. The third-order valence-corrected chi connectivity index (χ3v) is 3.90. The fourth-order valence-electron chi connectivity index (χ4n) is 2.69. The van der Waals surface area contributed by atoms with Gasteiger partial charge in [-0.1, -0.05) is 13.8 Å². The second kappa shape index (κ2) is 4.40. The molecule has 2 saturated heterocycles. The monoisotopic (exact) mass is 212 g/mol. The van der Waals surface area contributed by atoms with Gasteiger partial charge in [-0.25, -0.2) is 0 Å². The smallest absolute Gasteiger partial charge is 0.0560 e. The fourth-order valence-corrected chi connectivity index (χ4v) is 2.69. The molecule has 2 aliphatic heterocycles. The summed E-state index contributed by atoms with van der Waals surface area (Å²) < 4.78 is 5.46. The van der Waals surface area contributed by atoms with E-state index in [4.69, 9.17) is 4.74 Å². The van der Waals surface area contributed by atoms with Crippen LogP contribution >= 0.6 is 0 Å². The molecule has 2 heterocycles. The first-order chi connectivity index (χ1) is 7.12. The van der Waals surface area contributed by atoms with Gasteiger partial charge in [-0.2, -0.15) is 0 Å². The van der Waals surface area contributed by atoms with E-state index in [0.717, 1.165) is 25.7 Å². The predicted octanol–water partition coefficient (Wildman–Crippen LogP) is 0.953. The Bertz CT molecular complexity index is 214. The molecule has 0 aliphatic carbocycles. The molecule has 0 amide bonds. The molecule has 1 atom stereocenters. The first kappa shape index (κ1) is 11.4. The van der Waals surface area contributed by atoms with Crippen molar-refractivity contribution in [3.63, 3.8) is 0 Å². The number of hydrogen-bond acceptors (Lipinski definition) is 3. The molecule has 0 aromatic heterocycles. The van der Waals surface area contributed by atoms with Crippen LogP contribution in [0.2, 0.25) is 0 Å². The second-order valence-electron chi connectivity index (χ2n) is 5.64. The van der Waals surface area contributed by atoms with Crippen molar-refractivity contribution in [3.8, 4) is 0 Å². The topological polar surface area (TPSA) is 24.5 Å². The third kappa shape index (κ3) is 2.35. The zero-order valence-corrected chi connectivity index (χ0v) is 10.3. The molecule has 0 aromatic carbocycles. The highest BCUT2D eigenvalue weighted by atomic mass is 16.5. The lowest BCUT2D eigenvalue weighted by molar-refractivity contribution is -0.141. The summed E-state index contributed by atoms with van der Waals surface area (Å²) in [6, 6.07) is 0.585. The van der Waals surface area contributed by atoms with Crippen LogP contribution in [0.4, 0.5) is 0 Å². The predicted molar refractivity (Wildman–Crippen MR) is 62.0 cm³/mol. The van der Waals surface area contributed by atoms with E-state index in [1.807, 2.05) is 0 Å². The normalized spacial score (nSPS) is 30.8. The van der Waals surface area contributed by atoms with E-state index in [0.29, 0.717) is 11.5 Å². The van der Waals surface area contributed by atoms with Gasteiger partial charge in [-0.3, -0.25) is 0 Å². The van der Waals surface area contributed by atoms with Crippen LogP contribution in [-0.2, 0) is 4.74 Å². The highest BCUT2D eigenvalue weighted by Crippen LogP contribution is 2.40. The minimum Gasteiger partial charge on any atom is -0.380 e. The van der Waals surface area contributed by atoms with Crippen molar-refractivity contribution < 1.29 is 4.74 Å². The lowest BCUT2D eigenvalue weighted by Gasteiger charge is -2.46. The van der Waals surface area contributed by atoms with Crippen LogP contribution in [0.3, 0.4) is 0 Å². The van der Waals surface area contributed by atoms with Gasteiger partial charge in [0.15, 0.2) is 0 Å². The molecular formula is C12H24N2O. The molecule has 0 bridgehead atoms. The van der Waals surface area contributed by atoms with E-state index in [1.165, 1.54) is 19.5 Å². The lowest BCUT2D eigenvalue weighted by atomic mass is 9.73. The maximum Gasteiger partial charge on any atom is 0.0560 e. The first-order valence-electron chi connectivity index (χ1n) is 6.12. The van der Waals surface area contributed by atoms with Gasteiger partial charge in [0.2, 0.25) is 0 Å². The van der Waals surface area contributed by atoms with E-state index in [2.05, 4.69) is 31.1 Å². The highest BCUT2D eigenvalue weighted by molar-refractivity contribution is 4.97. The van der Waals surface area contributed by atoms with Gasteiger partial charge in [0.25, 0.3) is 0 Å². The molecule has 0 radical (unpaired) electrons. The largest absolute Gasteiger partial charge is 0.380 e. The number of hydrogen-bond donors (Lipinski definition) is 1. The zero-order chi connectivity index (χ0) is 10.9. The van der Waals surface area contributed by atoms with Crippen molar-refractivity contribution in [1.29, 1.82) is 0 Å². The molecule has 2 rings (SSSR count). The molecule has 1 unspecified atom stereocenters. The lowest BCUT2D eigenvalue weighted by Crippen LogP contribution is -2.55. The molecule has 0 saturated carbocycles. The Morgan fingerprint density at radius 3 is 2.60 bits per heavy atom. The molecule has 1 N–H and O–H groups in total. The summed E-state index contributed by atoms with van der Waals surface area (Å²) in [5, 5.41) is 3.58. The molecule has 3 heteroatoms. The molecule has 2 fully saturated rings. The van der Waals surface area contributed by atoms with Crippen molar-refractivity contribution >= 4 is 0 Å². The van der Waals surface area contributed by atoms with Crippen molar-refractivity contribution in [3.05, 3.63) is 0 Å². The number of ether oxygens (including phenoxy) is 1. The maximum atomic E-state index is 5.46. The van der Waals surface area contributed by atoms with E-state index in [9.17, 15) is 0 Å². The Morgan fingerprint density at radius 2 is 2.20 bits per heavy atom. The second-order valence-corrected chi connectivity index (χ2v) is 5.64. The Morgan fingerprint density at radius 1 is 1.47 bits per heavy atom. The molecular weight excluding hydrogens is 188 g/mol. The summed E-state index contributed by atoms with van der Waals surface area (Å²) in [5.74, 6) is 0.836. The molecule has 0 aromatic rings. The van der Waals surface area contributed by atoms with Gasteiger partial charge in [0.05, 0.1) is 13.2 Å². The number of nitrogens with zero attached hydrogens (tertiary/aromatic N) is 1. The summed E-state index contributed by atoms with van der Waals surface area (Å²) in [6.07, 6.45) is 1.35. The number of nitrogens with one attached hydrogen (secondary N) is 1. The summed E-state index contributed by atoms with van der Waals surface area (Å²) in [4.78, 5) is 2.44. The minimum atomic E-state index is 0.440. The fraction of sp³-hybridized carbons (Fsp3) is 1.00. The summed E-state index contributed by atoms with van der Waals surface area (Å²) in [6.45, 7) is 10.00. The minimum absolute atomic E-state index is 0.440. The van der Waals surface area contributed by atoms with Crippen LogP contribution in [0.15, 0.2) is 0 Å². The van der Waals surface area contributed by atoms with Gasteiger partial charge < -0.3 is 15.0 Å². The highest BCUT2D eigenvalue weighted by Gasteiger charge is 2.47. The zero-order valence-electron chi connectivity index (χ0n) is 10.3. The van der Waals surface area contributed by atoms with Crippen molar-refractivity contribution in [2.24, 2.45) is 11.3 Å². The van der Waals surface area contributed by atoms with Gasteiger partial charge in [0.1, 0.15) is 0 Å². The molecule has 3 nitrogen and oxygen atoms in total. The molecule has 88 valence electrons. The van der Waals surface area contributed by atoms with E-state index in [1.54, 1.807) is 0 Å². The standard InChI is InChI=1S/C12H24N2O/c1-10(2)13-7-12(8-15-9-12)11-4-5-14(3)6-11/h10-11,13H,4-9H2,1-3H3. The Labute approximate surface area is 93.2 Å². The van der Waals surface area contributed by atoms with Gasteiger partial charge >= 0.3 is 0 Å². The van der Waals surface area contributed by atoms with Crippen LogP contribution < -0.4 is 5.32 Å². The Hall–Kier alpha value is -0.120. The van der Waals surface area contributed by atoms with Gasteiger partial charge in [-0.15, -0.1) is 0 Å². The first-order valence-corrected chi connectivity index (χ1v) is 6.12. The maximum absolute atomic E-state index is 5.46. The Balaban J connectivity index is 1.90. The summed E-state index contributed by atoms with van der Waals surface area (Å²) in [5.41, 5.74) is 0.440. The van der Waals surface area contributed by atoms with Crippen LogP contribution in [0.1, 0.15) is 20.3 Å². The number of likely N-dealkylation sites (tertiary alicyclic amines) is 1. The van der Waals surface area contributed by atoms with Gasteiger partial charge in [-0.05, 0) is 25.9 Å². The number of rotatable bonds is 4. The van der Waals surface area contributed by atoms with Crippen LogP contribution in [-0.4, -0.2) is 50.8 Å². The SMILES string of the molecule is CC(C)NCC1(C2CCN(C)C2)COC1. The summed E-state index contributed by atoms with van der Waals surface area (Å²) in [7, 11) is 2.23. The van der Waals surface area contributed by atoms with Crippen LogP contribution in [0, 0.1) is 11.3 Å². The molecule has 2 aliphatic rings. The molecule has 0 spiro atoms. The van der Waals surface area contributed by atoms with Gasteiger partial charge in [0, 0.05) is 24.5 Å². The average molecular weight is 212 g/mol. The quantitative estimate of drug-likeness (QED) is 0.751. The van der Waals surface area contributed by atoms with Crippen LogP contribution in [0.5, 0.6) is 0 Å².